The number of hydrogen-bond donors (Lipinski definition) is 1. The van der Waals surface area contributed by atoms with Gasteiger partial charge < -0.3 is 0 Å². The van der Waals surface area contributed by atoms with Crippen LogP contribution in [0.15, 0.2) is 11.2 Å². The van der Waals surface area contributed by atoms with Crippen molar-refractivity contribution in [3.63, 3.8) is 0 Å². The first-order valence-corrected chi connectivity index (χ1v) is 5.43. The van der Waals surface area contributed by atoms with Gasteiger partial charge >= 0.3 is 0 Å². The molecule has 0 radical (unpaired) electrons. The number of thioether (sulfide) groups is 1. The summed E-state index contributed by atoms with van der Waals surface area (Å²) in [6, 6.07) is 2.04. The van der Waals surface area contributed by atoms with E-state index in [9.17, 15) is 0 Å². The second-order valence-corrected chi connectivity index (χ2v) is 4.00. The maximum Gasteiger partial charge on any atom is 0.209 e. The lowest BCUT2D eigenvalue weighted by atomic mass is 10.1. The third kappa shape index (κ3) is 1.33. The van der Waals surface area contributed by atoms with Crippen molar-refractivity contribution in [2.45, 2.75) is 24.9 Å². The molecule has 0 aromatic carbocycles. The molecule has 2 aromatic heterocycles. The molecule has 0 amide bonds. The number of rotatable bonds is 2. The number of hydrogen-bond acceptors (Lipinski definition) is 3. The van der Waals surface area contributed by atoms with Gasteiger partial charge in [0.25, 0.3) is 0 Å². The molecule has 0 spiro atoms. The van der Waals surface area contributed by atoms with Crippen LogP contribution in [0.5, 0.6) is 0 Å². The minimum atomic E-state index is 0.461. The van der Waals surface area contributed by atoms with Crippen LogP contribution in [-0.4, -0.2) is 26.1 Å². The minimum Gasteiger partial charge on any atom is -0.259 e. The maximum absolute atomic E-state index is 4.45. The molecule has 0 unspecified atom stereocenters. The highest BCUT2D eigenvalue weighted by molar-refractivity contribution is 7.98. The molecule has 2 rings (SSSR count). The Balaban J connectivity index is 2.56. The topological polar surface area (TPSA) is 46.0 Å². The highest BCUT2D eigenvalue weighted by atomic mass is 32.2. The molecule has 0 fully saturated rings. The van der Waals surface area contributed by atoms with Crippen molar-refractivity contribution in [1.29, 1.82) is 0 Å². The Morgan fingerprint density at radius 2 is 2.31 bits per heavy atom. The molecule has 0 atom stereocenters. The van der Waals surface area contributed by atoms with Crippen LogP contribution in [0, 0.1) is 0 Å². The molecule has 13 heavy (non-hydrogen) atoms. The monoisotopic (exact) mass is 196 g/mol. The number of aromatic nitrogens is 4. The lowest BCUT2D eigenvalue weighted by molar-refractivity contribution is 0.748. The molecular weight excluding hydrogens is 184 g/mol. The summed E-state index contributed by atoms with van der Waals surface area (Å²) in [5.74, 6) is 0.461. The van der Waals surface area contributed by atoms with E-state index < -0.39 is 0 Å². The Morgan fingerprint density at radius 1 is 1.54 bits per heavy atom. The fourth-order valence-corrected chi connectivity index (χ4v) is 1.64. The van der Waals surface area contributed by atoms with Crippen LogP contribution in [0.25, 0.3) is 5.65 Å². The molecule has 0 bridgehead atoms. The Hall–Kier alpha value is -0.970. The van der Waals surface area contributed by atoms with Crippen LogP contribution in [0.1, 0.15) is 25.5 Å². The number of H-pyrrole nitrogens is 1. The molecule has 0 aliphatic heterocycles. The lowest BCUT2D eigenvalue weighted by Crippen LogP contribution is -1.91. The van der Waals surface area contributed by atoms with Crippen LogP contribution >= 0.6 is 11.8 Å². The third-order valence-corrected chi connectivity index (χ3v) is 2.58. The zero-order chi connectivity index (χ0) is 9.42. The largest absolute Gasteiger partial charge is 0.259 e. The Labute approximate surface area is 80.7 Å². The van der Waals surface area contributed by atoms with E-state index in [0.29, 0.717) is 5.92 Å². The average molecular weight is 196 g/mol. The first-order chi connectivity index (χ1) is 6.22. The molecule has 0 saturated carbocycles. The smallest absolute Gasteiger partial charge is 0.209 e. The summed E-state index contributed by atoms with van der Waals surface area (Å²) in [5.41, 5.74) is 2.07. The summed E-state index contributed by atoms with van der Waals surface area (Å²) in [6.07, 6.45) is 1.99. The van der Waals surface area contributed by atoms with Crippen molar-refractivity contribution >= 4 is 17.4 Å². The molecule has 0 aliphatic rings. The quantitative estimate of drug-likeness (QED) is 0.746. The lowest BCUT2D eigenvalue weighted by Gasteiger charge is -1.95. The van der Waals surface area contributed by atoms with Crippen molar-refractivity contribution in [3.05, 3.63) is 11.8 Å². The van der Waals surface area contributed by atoms with Crippen LogP contribution in [0.3, 0.4) is 0 Å². The second kappa shape index (κ2) is 3.06. The number of fused-ring (bicyclic) bond motifs is 1. The van der Waals surface area contributed by atoms with Crippen LogP contribution < -0.4 is 0 Å². The van der Waals surface area contributed by atoms with Crippen molar-refractivity contribution in [2.75, 3.05) is 6.26 Å². The summed E-state index contributed by atoms with van der Waals surface area (Å²) < 4.78 is 1.85. The van der Waals surface area contributed by atoms with E-state index in [4.69, 9.17) is 0 Å². The van der Waals surface area contributed by atoms with E-state index in [1.54, 1.807) is 11.8 Å². The average Bonchev–Trinajstić information content (AvgIpc) is 2.60. The molecule has 5 heteroatoms. The predicted molar refractivity (Wildman–Crippen MR) is 53.2 cm³/mol. The van der Waals surface area contributed by atoms with Crippen LogP contribution in [-0.2, 0) is 0 Å². The van der Waals surface area contributed by atoms with E-state index >= 15 is 0 Å². The summed E-state index contributed by atoms with van der Waals surface area (Å²) >= 11 is 1.59. The summed E-state index contributed by atoms with van der Waals surface area (Å²) in [4.78, 5) is 0. The summed E-state index contributed by atoms with van der Waals surface area (Å²) in [6.45, 7) is 4.27. The van der Waals surface area contributed by atoms with Crippen LogP contribution in [0.4, 0.5) is 0 Å². The summed E-state index contributed by atoms with van der Waals surface area (Å²) in [7, 11) is 0. The van der Waals surface area contributed by atoms with Gasteiger partial charge in [-0.05, 0) is 12.2 Å². The second-order valence-electron chi connectivity index (χ2n) is 3.23. The molecule has 0 saturated heterocycles. The predicted octanol–water partition coefficient (Wildman–Crippen LogP) is 1.90. The Bertz CT molecular complexity index is 415. The van der Waals surface area contributed by atoms with Crippen molar-refractivity contribution < 1.29 is 0 Å². The van der Waals surface area contributed by atoms with Gasteiger partial charge in [-0.15, -0.1) is 5.10 Å². The molecule has 0 aliphatic carbocycles. The molecule has 2 heterocycles. The zero-order valence-corrected chi connectivity index (χ0v) is 8.72. The Kier molecular flexibility index (Phi) is 2.03. The fraction of sp³-hybridized carbons (Fsp3) is 0.500. The van der Waals surface area contributed by atoms with Gasteiger partial charge in [-0.25, -0.2) is 0 Å². The number of nitrogens with zero attached hydrogens (tertiary/aromatic N) is 3. The van der Waals surface area contributed by atoms with Gasteiger partial charge in [0.2, 0.25) is 5.16 Å². The van der Waals surface area contributed by atoms with Gasteiger partial charge in [-0.1, -0.05) is 25.6 Å². The van der Waals surface area contributed by atoms with Crippen molar-refractivity contribution in [1.82, 2.24) is 19.8 Å². The van der Waals surface area contributed by atoms with Crippen molar-refractivity contribution in [3.8, 4) is 0 Å². The number of aromatic amines is 1. The van der Waals surface area contributed by atoms with E-state index in [-0.39, 0.29) is 0 Å². The van der Waals surface area contributed by atoms with E-state index in [0.717, 1.165) is 16.5 Å². The maximum atomic E-state index is 4.45. The molecule has 2 aromatic rings. The summed E-state index contributed by atoms with van der Waals surface area (Å²) in [5, 5.41) is 12.4. The Morgan fingerprint density at radius 3 is 2.92 bits per heavy atom. The van der Waals surface area contributed by atoms with E-state index in [1.807, 2.05) is 16.8 Å². The van der Waals surface area contributed by atoms with Gasteiger partial charge in [0.15, 0.2) is 5.65 Å². The van der Waals surface area contributed by atoms with Crippen LogP contribution in [0.2, 0.25) is 0 Å². The van der Waals surface area contributed by atoms with Gasteiger partial charge in [0, 0.05) is 6.07 Å². The molecule has 1 N–H and O–H groups in total. The first-order valence-electron chi connectivity index (χ1n) is 4.20. The first kappa shape index (κ1) is 8.62. The highest BCUT2D eigenvalue weighted by Gasteiger charge is 2.09. The van der Waals surface area contributed by atoms with Gasteiger partial charge in [-0.2, -0.15) is 9.61 Å². The van der Waals surface area contributed by atoms with Gasteiger partial charge in [0.05, 0.1) is 5.69 Å². The standard InChI is InChI=1S/C8H12N4S/c1-5(2)6-4-7-9-10-8(13-3)12(7)11-6/h4-5,9H,1-3H3. The van der Waals surface area contributed by atoms with Gasteiger partial charge in [-0.3, -0.25) is 5.10 Å². The zero-order valence-electron chi connectivity index (χ0n) is 7.90. The van der Waals surface area contributed by atoms with Gasteiger partial charge in [0.1, 0.15) is 0 Å². The molecular formula is C8H12N4S. The fourth-order valence-electron chi connectivity index (χ4n) is 1.19. The minimum absolute atomic E-state index is 0.461. The SMILES string of the molecule is CSc1n[nH]c2cc(C(C)C)nn12. The van der Waals surface area contributed by atoms with Crippen molar-refractivity contribution in [2.24, 2.45) is 0 Å². The molecule has 4 nitrogen and oxygen atoms in total. The number of nitrogens with one attached hydrogen (secondary N) is 1. The molecule has 70 valence electrons. The van der Waals surface area contributed by atoms with E-state index in [1.165, 1.54) is 0 Å². The highest BCUT2D eigenvalue weighted by Crippen LogP contribution is 2.18. The third-order valence-electron chi connectivity index (χ3n) is 1.95. The van der Waals surface area contributed by atoms with E-state index in [2.05, 4.69) is 29.1 Å². The normalized spacial score (nSPS) is 11.7.